The molecule has 0 unspecified atom stereocenters. The van der Waals surface area contributed by atoms with Gasteiger partial charge in [-0.2, -0.15) is 5.26 Å². The lowest BCUT2D eigenvalue weighted by molar-refractivity contribution is -0.125. The Hall–Kier alpha value is -3.33. The number of hydrogen-bond acceptors (Lipinski definition) is 4. The van der Waals surface area contributed by atoms with Crippen molar-refractivity contribution in [3.8, 4) is 17.6 Å². The molecule has 0 saturated heterocycles. The number of carbonyl (C=O) groups is 2. The van der Waals surface area contributed by atoms with E-state index in [0.717, 1.165) is 57.1 Å². The highest BCUT2D eigenvalue weighted by Crippen LogP contribution is 2.29. The van der Waals surface area contributed by atoms with E-state index in [1.165, 1.54) is 0 Å². The van der Waals surface area contributed by atoms with Gasteiger partial charge in [0.2, 0.25) is 11.8 Å². The van der Waals surface area contributed by atoms with Crippen LogP contribution in [0.2, 0.25) is 0 Å². The summed E-state index contributed by atoms with van der Waals surface area (Å²) >= 11 is 0. The first kappa shape index (κ1) is 21.9. The summed E-state index contributed by atoms with van der Waals surface area (Å²) < 4.78 is 5.78. The van der Waals surface area contributed by atoms with Crippen LogP contribution in [-0.4, -0.2) is 17.9 Å². The average molecular weight is 432 g/mol. The summed E-state index contributed by atoms with van der Waals surface area (Å²) in [5.41, 5.74) is 1.27. The summed E-state index contributed by atoms with van der Waals surface area (Å²) in [5.74, 6) is 1.63. The number of amides is 2. The lowest BCUT2D eigenvalue weighted by atomic mass is 9.85. The molecule has 0 spiro atoms. The van der Waals surface area contributed by atoms with E-state index in [9.17, 15) is 9.59 Å². The molecule has 2 aromatic carbocycles. The summed E-state index contributed by atoms with van der Waals surface area (Å²) in [6.45, 7) is 0. The van der Waals surface area contributed by atoms with Crippen LogP contribution in [0.4, 0.5) is 5.69 Å². The van der Waals surface area contributed by atoms with Gasteiger partial charge in [0, 0.05) is 23.6 Å². The summed E-state index contributed by atoms with van der Waals surface area (Å²) in [6.07, 6.45) is 7.63. The molecule has 2 fully saturated rings. The van der Waals surface area contributed by atoms with Gasteiger partial charge in [0.05, 0.1) is 11.6 Å². The van der Waals surface area contributed by atoms with Crippen LogP contribution in [0.25, 0.3) is 0 Å². The maximum absolute atomic E-state index is 12.7. The number of benzene rings is 2. The largest absolute Gasteiger partial charge is 0.457 e. The van der Waals surface area contributed by atoms with Gasteiger partial charge < -0.3 is 15.4 Å². The van der Waals surface area contributed by atoms with E-state index in [2.05, 4.69) is 16.7 Å². The summed E-state index contributed by atoms with van der Waals surface area (Å²) in [4.78, 5) is 25.0. The Morgan fingerprint density at radius 2 is 1.53 bits per heavy atom. The fourth-order valence-electron chi connectivity index (χ4n) is 4.62. The normalized spacial score (nSPS) is 20.8. The van der Waals surface area contributed by atoms with Crippen LogP contribution in [0, 0.1) is 23.2 Å². The van der Waals surface area contributed by atoms with E-state index in [0.29, 0.717) is 17.1 Å². The van der Waals surface area contributed by atoms with Crippen LogP contribution in [0.15, 0.2) is 48.5 Å². The predicted molar refractivity (Wildman–Crippen MR) is 122 cm³/mol. The zero-order chi connectivity index (χ0) is 22.3. The fraction of sp³-hybridized carbons (Fsp3) is 0.423. The second-order valence-electron chi connectivity index (χ2n) is 8.79. The molecule has 0 radical (unpaired) electrons. The van der Waals surface area contributed by atoms with E-state index in [-0.39, 0.29) is 29.7 Å². The van der Waals surface area contributed by atoms with Crippen molar-refractivity contribution in [2.45, 2.75) is 57.4 Å². The predicted octanol–water partition coefficient (Wildman–Crippen LogP) is 5.15. The molecule has 0 bridgehead atoms. The molecule has 0 aromatic heterocycles. The number of ether oxygens (including phenoxy) is 1. The molecule has 166 valence electrons. The van der Waals surface area contributed by atoms with E-state index >= 15 is 0 Å². The SMILES string of the molecule is N#Cc1cccc(Oc2ccc(NC(=O)C3CCC(NC(=O)C4CCCC4)CC3)cc2)c1. The molecule has 6 nitrogen and oxygen atoms in total. The quantitative estimate of drug-likeness (QED) is 0.661. The molecule has 32 heavy (non-hydrogen) atoms. The van der Waals surface area contributed by atoms with E-state index in [1.807, 2.05) is 12.1 Å². The summed E-state index contributed by atoms with van der Waals surface area (Å²) in [7, 11) is 0. The number of nitriles is 1. The molecule has 2 aliphatic rings. The van der Waals surface area contributed by atoms with Crippen LogP contribution in [0.3, 0.4) is 0 Å². The van der Waals surface area contributed by atoms with Gasteiger partial charge in [0.25, 0.3) is 0 Å². The van der Waals surface area contributed by atoms with Crippen molar-refractivity contribution >= 4 is 17.5 Å². The van der Waals surface area contributed by atoms with Gasteiger partial charge in [-0.1, -0.05) is 18.9 Å². The van der Waals surface area contributed by atoms with Gasteiger partial charge in [0.1, 0.15) is 11.5 Å². The van der Waals surface area contributed by atoms with E-state index in [4.69, 9.17) is 10.00 Å². The molecule has 2 N–H and O–H groups in total. The third-order valence-corrected chi connectivity index (χ3v) is 6.49. The Bertz CT molecular complexity index is 982. The van der Waals surface area contributed by atoms with Gasteiger partial charge in [-0.3, -0.25) is 9.59 Å². The summed E-state index contributed by atoms with van der Waals surface area (Å²) in [6, 6.07) is 16.5. The second-order valence-corrected chi connectivity index (χ2v) is 8.79. The van der Waals surface area contributed by atoms with Gasteiger partial charge in [-0.25, -0.2) is 0 Å². The molecule has 0 heterocycles. The Labute approximate surface area is 189 Å². The first-order chi connectivity index (χ1) is 15.6. The first-order valence-corrected chi connectivity index (χ1v) is 11.5. The Balaban J connectivity index is 1.23. The van der Waals surface area contributed by atoms with Crippen molar-refractivity contribution in [1.29, 1.82) is 5.26 Å². The minimum Gasteiger partial charge on any atom is -0.457 e. The summed E-state index contributed by atoms with van der Waals surface area (Å²) in [5, 5.41) is 15.2. The Morgan fingerprint density at radius 1 is 0.844 bits per heavy atom. The van der Waals surface area contributed by atoms with Crippen molar-refractivity contribution in [1.82, 2.24) is 5.32 Å². The van der Waals surface area contributed by atoms with Crippen molar-refractivity contribution in [2.24, 2.45) is 11.8 Å². The lowest BCUT2D eigenvalue weighted by Crippen LogP contribution is -2.41. The van der Waals surface area contributed by atoms with Crippen LogP contribution < -0.4 is 15.4 Å². The van der Waals surface area contributed by atoms with Crippen molar-refractivity contribution < 1.29 is 14.3 Å². The number of carbonyl (C=O) groups excluding carboxylic acids is 2. The maximum atomic E-state index is 12.7. The van der Waals surface area contributed by atoms with Crippen molar-refractivity contribution in [2.75, 3.05) is 5.32 Å². The first-order valence-electron chi connectivity index (χ1n) is 11.5. The smallest absolute Gasteiger partial charge is 0.227 e. The van der Waals surface area contributed by atoms with Gasteiger partial charge in [-0.05, 0) is 81.0 Å². The number of anilines is 1. The molecule has 6 heteroatoms. The highest BCUT2D eigenvalue weighted by molar-refractivity contribution is 5.92. The lowest BCUT2D eigenvalue weighted by Gasteiger charge is -2.29. The second kappa shape index (κ2) is 10.3. The van der Waals surface area contributed by atoms with Gasteiger partial charge >= 0.3 is 0 Å². The van der Waals surface area contributed by atoms with Crippen LogP contribution in [0.5, 0.6) is 11.5 Å². The highest BCUT2D eigenvalue weighted by atomic mass is 16.5. The fourth-order valence-corrected chi connectivity index (χ4v) is 4.62. The average Bonchev–Trinajstić information content (AvgIpc) is 3.36. The van der Waals surface area contributed by atoms with Gasteiger partial charge in [0.15, 0.2) is 0 Å². The topological polar surface area (TPSA) is 91.2 Å². The number of nitrogens with one attached hydrogen (secondary N) is 2. The number of rotatable bonds is 6. The molecule has 0 aliphatic heterocycles. The minimum atomic E-state index is -0.0284. The zero-order valence-electron chi connectivity index (χ0n) is 18.2. The molecular weight excluding hydrogens is 402 g/mol. The van der Waals surface area contributed by atoms with Crippen LogP contribution >= 0.6 is 0 Å². The Kier molecular flexibility index (Phi) is 7.06. The Morgan fingerprint density at radius 3 is 2.22 bits per heavy atom. The minimum absolute atomic E-state index is 0.0284. The third-order valence-electron chi connectivity index (χ3n) is 6.49. The third kappa shape index (κ3) is 5.67. The number of nitrogens with zero attached hydrogens (tertiary/aromatic N) is 1. The molecule has 0 atom stereocenters. The molecule has 2 saturated carbocycles. The van der Waals surface area contributed by atoms with E-state index < -0.39 is 0 Å². The van der Waals surface area contributed by atoms with Crippen LogP contribution in [-0.2, 0) is 9.59 Å². The van der Waals surface area contributed by atoms with E-state index in [1.54, 1.807) is 36.4 Å². The monoisotopic (exact) mass is 431 g/mol. The van der Waals surface area contributed by atoms with Gasteiger partial charge in [-0.15, -0.1) is 0 Å². The zero-order valence-corrected chi connectivity index (χ0v) is 18.2. The van der Waals surface area contributed by atoms with Crippen LogP contribution in [0.1, 0.15) is 56.9 Å². The molecule has 2 aromatic rings. The highest BCUT2D eigenvalue weighted by Gasteiger charge is 2.29. The maximum Gasteiger partial charge on any atom is 0.227 e. The molecule has 4 rings (SSSR count). The van der Waals surface area contributed by atoms with Crippen molar-refractivity contribution in [3.63, 3.8) is 0 Å². The number of hydrogen-bond donors (Lipinski definition) is 2. The molecule has 2 amide bonds. The molecular formula is C26H29N3O3. The van der Waals surface area contributed by atoms with Crippen molar-refractivity contribution in [3.05, 3.63) is 54.1 Å². The molecule has 2 aliphatic carbocycles. The standard InChI is InChI=1S/C26H29N3O3/c27-17-18-4-3-7-24(16-18)32-23-14-12-22(13-15-23)29-26(31)20-8-10-21(11-9-20)28-25(30)19-5-1-2-6-19/h3-4,7,12-16,19-21H,1-2,5-6,8-11H2,(H,28,30)(H,29,31).